The second-order valence-electron chi connectivity index (χ2n) is 8.09. The molecule has 11 heteroatoms. The molecule has 2 N–H and O–H groups in total. The molecule has 1 fully saturated rings. The van der Waals surface area contributed by atoms with Gasteiger partial charge in [0.05, 0.1) is 0 Å². The minimum Gasteiger partial charge on any atom is -0.448 e. The molecule has 2 aliphatic rings. The van der Waals surface area contributed by atoms with Crippen LogP contribution in [0.2, 0.25) is 0 Å². The van der Waals surface area contributed by atoms with Crippen molar-refractivity contribution in [3.05, 3.63) is 83.1 Å². The molecule has 9 nitrogen and oxygen atoms in total. The van der Waals surface area contributed by atoms with E-state index in [9.17, 15) is 9.59 Å². The molecule has 182 valence electrons. The molecule has 1 aromatic heterocycles. The third-order valence-corrected chi connectivity index (χ3v) is 8.03. The number of hydrogen-bond acceptors (Lipinski definition) is 9. The van der Waals surface area contributed by atoms with E-state index in [1.807, 2.05) is 60.7 Å². The smallest absolute Gasteiger partial charge is 0.356 e. The van der Waals surface area contributed by atoms with E-state index < -0.39 is 18.1 Å². The van der Waals surface area contributed by atoms with E-state index >= 15 is 0 Å². The molecule has 3 heterocycles. The largest absolute Gasteiger partial charge is 0.448 e. The number of aromatic nitrogens is 4. The van der Waals surface area contributed by atoms with Crippen LogP contribution in [0.3, 0.4) is 0 Å². The molecule has 36 heavy (non-hydrogen) atoms. The molecule has 3 aromatic rings. The fraction of sp³-hybridized carbons (Fsp3) is 0.240. The lowest BCUT2D eigenvalue weighted by Crippen LogP contribution is -2.68. The zero-order valence-electron chi connectivity index (χ0n) is 19.1. The normalized spacial score (nSPS) is 19.0. The first-order valence-corrected chi connectivity index (χ1v) is 13.2. The Balaban J connectivity index is 1.44. The first-order valence-electron chi connectivity index (χ1n) is 11.1. The van der Waals surface area contributed by atoms with Gasteiger partial charge in [0.2, 0.25) is 11.1 Å². The van der Waals surface area contributed by atoms with Gasteiger partial charge < -0.3 is 10.5 Å². The summed E-state index contributed by atoms with van der Waals surface area (Å²) in [6.45, 7) is 0.214. The molecule has 2 atom stereocenters. The quantitative estimate of drug-likeness (QED) is 0.207. The molecule has 2 aliphatic heterocycles. The Bertz CT molecular complexity index is 1300. The number of carbonyl (C=O) groups excluding carboxylic acids is 2. The summed E-state index contributed by atoms with van der Waals surface area (Å²) in [6.07, 6.45) is 4.67. The third-order valence-electron chi connectivity index (χ3n) is 5.75. The van der Waals surface area contributed by atoms with Gasteiger partial charge in [0.25, 0.3) is 0 Å². The number of hydrogen-bond donors (Lipinski definition) is 1. The van der Waals surface area contributed by atoms with Crippen molar-refractivity contribution >= 4 is 35.4 Å². The lowest BCUT2D eigenvalue weighted by molar-refractivity contribution is -0.153. The van der Waals surface area contributed by atoms with Gasteiger partial charge in [0.15, 0.2) is 6.10 Å². The van der Waals surface area contributed by atoms with Crippen LogP contribution in [0.4, 0.5) is 0 Å². The topological polar surface area (TPSA) is 116 Å². The van der Waals surface area contributed by atoms with E-state index in [1.54, 1.807) is 0 Å². The van der Waals surface area contributed by atoms with Crippen molar-refractivity contribution in [3.63, 3.8) is 0 Å². The average molecular weight is 519 g/mol. The number of nitrogens with two attached hydrogens (primary N) is 1. The lowest BCUT2D eigenvalue weighted by atomic mass is 10.0. The number of fused-ring (bicyclic) bond motifs is 1. The number of nitrogens with zero attached hydrogens (tertiary/aromatic N) is 5. The predicted octanol–water partition coefficient (Wildman–Crippen LogP) is 2.23. The molecule has 1 unspecified atom stereocenters. The van der Waals surface area contributed by atoms with Gasteiger partial charge >= 0.3 is 5.97 Å². The van der Waals surface area contributed by atoms with E-state index in [4.69, 9.17) is 16.9 Å². The number of amides is 1. The summed E-state index contributed by atoms with van der Waals surface area (Å²) in [4.78, 5) is 29.2. The molecule has 1 amide bonds. The Morgan fingerprint density at radius 1 is 1.19 bits per heavy atom. The zero-order valence-corrected chi connectivity index (χ0v) is 20.7. The number of terminal acetylenes is 1. The maximum Gasteiger partial charge on any atom is 0.356 e. The molecule has 2 aromatic carbocycles. The number of benzene rings is 2. The molecule has 0 aliphatic carbocycles. The van der Waals surface area contributed by atoms with Crippen molar-refractivity contribution in [3.8, 4) is 12.3 Å². The molecule has 0 bridgehead atoms. The van der Waals surface area contributed by atoms with E-state index in [0.29, 0.717) is 16.7 Å². The Labute approximate surface area is 216 Å². The minimum atomic E-state index is -0.642. The SMILES string of the molecule is C#CCn1nnc(SCC2=C(C(=O)OC(c3ccccc3)c3ccccc3)N3C(=O)C(N)[C@H]3SC2)n1. The van der Waals surface area contributed by atoms with Gasteiger partial charge in [-0.2, -0.15) is 4.80 Å². The average Bonchev–Trinajstić information content (AvgIpc) is 3.38. The molecule has 1 saturated heterocycles. The van der Waals surface area contributed by atoms with E-state index in [2.05, 4.69) is 21.3 Å². The van der Waals surface area contributed by atoms with Gasteiger partial charge in [-0.25, -0.2) is 4.79 Å². The second kappa shape index (κ2) is 10.6. The lowest BCUT2D eigenvalue weighted by Gasteiger charge is -2.48. The summed E-state index contributed by atoms with van der Waals surface area (Å²) in [5, 5.41) is 12.3. The van der Waals surface area contributed by atoms with Crippen molar-refractivity contribution < 1.29 is 14.3 Å². The Morgan fingerprint density at radius 2 is 1.86 bits per heavy atom. The predicted molar refractivity (Wildman–Crippen MR) is 136 cm³/mol. The Morgan fingerprint density at radius 3 is 2.50 bits per heavy atom. The van der Waals surface area contributed by atoms with Crippen LogP contribution in [0.25, 0.3) is 0 Å². The van der Waals surface area contributed by atoms with Gasteiger partial charge in [0.1, 0.15) is 23.7 Å². The van der Waals surface area contributed by atoms with E-state index in [0.717, 1.165) is 16.7 Å². The van der Waals surface area contributed by atoms with Crippen molar-refractivity contribution in [1.29, 1.82) is 0 Å². The highest BCUT2D eigenvalue weighted by Crippen LogP contribution is 2.41. The fourth-order valence-corrected chi connectivity index (χ4v) is 6.22. The van der Waals surface area contributed by atoms with Crippen LogP contribution in [0.15, 0.2) is 77.1 Å². The molecule has 0 spiro atoms. The Kier molecular flexibility index (Phi) is 7.09. The highest BCUT2D eigenvalue weighted by Gasteiger charge is 2.52. The van der Waals surface area contributed by atoms with Crippen LogP contribution < -0.4 is 5.73 Å². The summed E-state index contributed by atoms with van der Waals surface area (Å²) in [5.41, 5.74) is 8.68. The summed E-state index contributed by atoms with van der Waals surface area (Å²) in [6, 6.07) is 18.4. The van der Waals surface area contributed by atoms with Crippen molar-refractivity contribution in [1.82, 2.24) is 25.1 Å². The highest BCUT2D eigenvalue weighted by atomic mass is 32.2. The van der Waals surface area contributed by atoms with Crippen LogP contribution >= 0.6 is 23.5 Å². The number of β-lactam (4-membered cyclic amide) rings is 1. The second-order valence-corrected chi connectivity index (χ2v) is 10.1. The van der Waals surface area contributed by atoms with Crippen LogP contribution in [0.1, 0.15) is 17.2 Å². The van der Waals surface area contributed by atoms with Crippen molar-refractivity contribution in [2.24, 2.45) is 5.73 Å². The number of carbonyl (C=O) groups is 2. The van der Waals surface area contributed by atoms with Crippen LogP contribution in [0, 0.1) is 12.3 Å². The number of tetrazole rings is 1. The van der Waals surface area contributed by atoms with Crippen LogP contribution in [0.5, 0.6) is 0 Å². The molecular weight excluding hydrogens is 496 g/mol. The van der Waals surface area contributed by atoms with E-state index in [1.165, 1.54) is 33.2 Å². The summed E-state index contributed by atoms with van der Waals surface area (Å²) in [7, 11) is 0. The maximum absolute atomic E-state index is 13.7. The van der Waals surface area contributed by atoms with Gasteiger partial charge in [-0.05, 0) is 21.9 Å². The number of thioether (sulfide) groups is 2. The summed E-state index contributed by atoms with van der Waals surface area (Å²) in [5.74, 6) is 2.50. The van der Waals surface area contributed by atoms with Crippen LogP contribution in [-0.2, 0) is 20.9 Å². The van der Waals surface area contributed by atoms with Gasteiger partial charge in [-0.15, -0.1) is 28.4 Å². The van der Waals surface area contributed by atoms with Gasteiger partial charge in [0, 0.05) is 11.5 Å². The van der Waals surface area contributed by atoms with Crippen molar-refractivity contribution in [2.45, 2.75) is 29.2 Å². The number of rotatable bonds is 8. The molecule has 5 rings (SSSR count). The first kappa shape index (κ1) is 24.1. The number of ether oxygens (including phenoxy) is 1. The van der Waals surface area contributed by atoms with E-state index in [-0.39, 0.29) is 23.5 Å². The highest BCUT2D eigenvalue weighted by molar-refractivity contribution is 8.01. The summed E-state index contributed by atoms with van der Waals surface area (Å²) < 4.78 is 6.10. The monoisotopic (exact) mass is 518 g/mol. The Hall–Kier alpha value is -3.59. The fourth-order valence-electron chi connectivity index (χ4n) is 4.01. The summed E-state index contributed by atoms with van der Waals surface area (Å²) >= 11 is 2.84. The number of esters is 1. The maximum atomic E-state index is 13.7. The first-order chi connectivity index (χ1) is 17.6. The van der Waals surface area contributed by atoms with Gasteiger partial charge in [-0.1, -0.05) is 78.3 Å². The van der Waals surface area contributed by atoms with Gasteiger partial charge in [-0.3, -0.25) is 9.69 Å². The van der Waals surface area contributed by atoms with Crippen LogP contribution in [-0.4, -0.2) is 59.9 Å². The minimum absolute atomic E-state index is 0.214. The standard InChI is InChI=1S/C25H22N6O3S2/c1-2-13-30-28-25(27-29-30)36-15-18-14-35-23-19(26)22(32)31(23)20(18)24(33)34-21(16-9-5-3-6-10-16)17-11-7-4-8-12-17/h1,3-12,19,21,23H,13-15,26H2/t19?,23-/m1/s1. The third kappa shape index (κ3) is 4.75. The molecule has 0 saturated carbocycles. The molecular formula is C25H22N6O3S2. The van der Waals surface area contributed by atoms with Crippen molar-refractivity contribution in [2.75, 3.05) is 11.5 Å². The molecule has 0 radical (unpaired) electrons. The zero-order chi connectivity index (χ0) is 25.1.